The number of H-pyrrole nitrogens is 1. The molecule has 9 heteroatoms. The summed E-state index contributed by atoms with van der Waals surface area (Å²) in [6, 6.07) is 26.6. The number of hydrogen-bond acceptors (Lipinski definition) is 4. The van der Waals surface area contributed by atoms with Gasteiger partial charge in [0.25, 0.3) is 10.0 Å². The number of nitrogens with zero attached hydrogens (tertiary/aromatic N) is 2. The molecule has 1 aliphatic heterocycles. The predicted molar refractivity (Wildman–Crippen MR) is 173 cm³/mol. The van der Waals surface area contributed by atoms with E-state index in [-0.39, 0.29) is 23.1 Å². The molecule has 0 saturated heterocycles. The molecule has 0 amide bonds. The minimum absolute atomic E-state index is 0. The molecule has 0 bridgehead atoms. The summed E-state index contributed by atoms with van der Waals surface area (Å²) in [6.45, 7) is 2.63. The first-order chi connectivity index (χ1) is 20.5. The number of anilines is 1. The number of pyridine rings is 1. The third-order valence-electron chi connectivity index (χ3n) is 7.60. The molecule has 0 spiro atoms. The average molecular weight is 615 g/mol. The van der Waals surface area contributed by atoms with Crippen molar-refractivity contribution in [3.05, 3.63) is 133 Å². The second kappa shape index (κ2) is 13.4. The first-order valence-electron chi connectivity index (χ1n) is 13.9. The van der Waals surface area contributed by atoms with Crippen molar-refractivity contribution in [2.75, 3.05) is 24.4 Å². The fourth-order valence-electron chi connectivity index (χ4n) is 5.34. The molecular formula is C34H32ClFN4O2S. The molecule has 0 saturated carbocycles. The SMILES string of the molecule is Cl.O=S(=O)(Nc1ccccc1)c1ccc(CCN2CC=C(c3c[nH]c(-c4ccc(F)cc4)c3-c3ccncc3)CC2)cc1. The van der Waals surface area contributed by atoms with Gasteiger partial charge in [0, 0.05) is 55.0 Å². The van der Waals surface area contributed by atoms with Gasteiger partial charge in [-0.2, -0.15) is 0 Å². The second-order valence-corrected chi connectivity index (χ2v) is 12.0. The van der Waals surface area contributed by atoms with Crippen LogP contribution in [0.15, 0.2) is 121 Å². The van der Waals surface area contributed by atoms with Gasteiger partial charge >= 0.3 is 0 Å². The standard InChI is InChI=1S/C34H31FN4O2S.ClH/c35-29-10-8-28(9-11-29)34-33(27-14-19-36-20-15-27)32(24-37-34)26-17-22-39(23-18-26)21-16-25-6-12-31(13-7-25)42(40,41)38-30-4-2-1-3-5-30;/h1-15,17,19-20,24,37-38H,16,18,21-23H2;1H. The molecule has 220 valence electrons. The molecule has 6 rings (SSSR count). The maximum absolute atomic E-state index is 13.6. The lowest BCUT2D eigenvalue weighted by Gasteiger charge is -2.26. The summed E-state index contributed by atoms with van der Waals surface area (Å²) in [6.07, 6.45) is 9.66. The Bertz CT molecular complexity index is 1790. The van der Waals surface area contributed by atoms with Crippen LogP contribution in [0.1, 0.15) is 17.5 Å². The van der Waals surface area contributed by atoms with E-state index in [2.05, 4.69) is 31.9 Å². The van der Waals surface area contributed by atoms with Crippen molar-refractivity contribution in [1.29, 1.82) is 0 Å². The lowest BCUT2D eigenvalue weighted by Crippen LogP contribution is -2.30. The Morgan fingerprint density at radius 2 is 1.60 bits per heavy atom. The van der Waals surface area contributed by atoms with Gasteiger partial charge in [-0.1, -0.05) is 36.4 Å². The van der Waals surface area contributed by atoms with Gasteiger partial charge in [-0.25, -0.2) is 12.8 Å². The molecule has 0 radical (unpaired) electrons. The van der Waals surface area contributed by atoms with Gasteiger partial charge in [0.15, 0.2) is 0 Å². The summed E-state index contributed by atoms with van der Waals surface area (Å²) in [5.74, 6) is -0.257. The van der Waals surface area contributed by atoms with Crippen LogP contribution >= 0.6 is 12.4 Å². The first kappa shape index (κ1) is 30.2. The summed E-state index contributed by atoms with van der Waals surface area (Å²) in [7, 11) is -3.63. The van der Waals surface area contributed by atoms with Crippen molar-refractivity contribution < 1.29 is 12.8 Å². The lowest BCUT2D eigenvalue weighted by molar-refractivity contribution is 0.306. The number of aromatic nitrogens is 2. The molecule has 5 aromatic rings. The van der Waals surface area contributed by atoms with Crippen LogP contribution in [0.25, 0.3) is 28.0 Å². The van der Waals surface area contributed by atoms with Crippen LogP contribution in [-0.4, -0.2) is 42.9 Å². The minimum atomic E-state index is -3.63. The lowest BCUT2D eigenvalue weighted by atomic mass is 9.92. The zero-order valence-electron chi connectivity index (χ0n) is 23.4. The van der Waals surface area contributed by atoms with Crippen LogP contribution in [0.5, 0.6) is 0 Å². The maximum Gasteiger partial charge on any atom is 0.261 e. The van der Waals surface area contributed by atoms with Gasteiger partial charge in [0.2, 0.25) is 0 Å². The molecule has 3 heterocycles. The molecule has 0 unspecified atom stereocenters. The third kappa shape index (κ3) is 7.05. The molecule has 1 aliphatic rings. The number of rotatable bonds is 9. The number of benzene rings is 3. The molecule has 0 aliphatic carbocycles. The molecule has 0 atom stereocenters. The number of halogens is 2. The van der Waals surface area contributed by atoms with E-state index in [0.29, 0.717) is 5.69 Å². The fourth-order valence-corrected chi connectivity index (χ4v) is 6.40. The molecule has 2 N–H and O–H groups in total. The van der Waals surface area contributed by atoms with Crippen molar-refractivity contribution in [2.45, 2.75) is 17.7 Å². The average Bonchev–Trinajstić information content (AvgIpc) is 3.47. The highest BCUT2D eigenvalue weighted by Gasteiger charge is 2.21. The van der Waals surface area contributed by atoms with Crippen molar-refractivity contribution >= 4 is 33.7 Å². The van der Waals surface area contributed by atoms with Crippen LogP contribution in [-0.2, 0) is 16.4 Å². The molecule has 43 heavy (non-hydrogen) atoms. The van der Waals surface area contributed by atoms with Gasteiger partial charge in [-0.05, 0) is 95.8 Å². The van der Waals surface area contributed by atoms with E-state index in [4.69, 9.17) is 0 Å². The topological polar surface area (TPSA) is 78.1 Å². The van der Waals surface area contributed by atoms with Gasteiger partial charge in [0.1, 0.15) is 5.82 Å². The predicted octanol–water partition coefficient (Wildman–Crippen LogP) is 7.44. The minimum Gasteiger partial charge on any atom is -0.360 e. The Balaban J connectivity index is 0.00000368. The van der Waals surface area contributed by atoms with E-state index in [1.807, 2.05) is 30.3 Å². The van der Waals surface area contributed by atoms with E-state index in [1.165, 1.54) is 17.7 Å². The van der Waals surface area contributed by atoms with E-state index in [0.717, 1.165) is 66.0 Å². The maximum atomic E-state index is 13.6. The number of hydrogen-bond donors (Lipinski definition) is 2. The van der Waals surface area contributed by atoms with Crippen molar-refractivity contribution in [1.82, 2.24) is 14.9 Å². The third-order valence-corrected chi connectivity index (χ3v) is 8.99. The van der Waals surface area contributed by atoms with Crippen molar-refractivity contribution in [3.8, 4) is 22.4 Å². The Hall–Kier alpha value is -4.24. The second-order valence-electron chi connectivity index (χ2n) is 10.3. The zero-order chi connectivity index (χ0) is 28.9. The van der Waals surface area contributed by atoms with E-state index < -0.39 is 10.0 Å². The number of aromatic amines is 1. The highest BCUT2D eigenvalue weighted by atomic mass is 35.5. The van der Waals surface area contributed by atoms with E-state index in [9.17, 15) is 12.8 Å². The van der Waals surface area contributed by atoms with Crippen molar-refractivity contribution in [2.24, 2.45) is 0 Å². The highest BCUT2D eigenvalue weighted by Crippen LogP contribution is 2.39. The zero-order valence-corrected chi connectivity index (χ0v) is 25.0. The molecule has 6 nitrogen and oxygen atoms in total. The number of para-hydroxylation sites is 1. The smallest absolute Gasteiger partial charge is 0.261 e. The Morgan fingerprint density at radius 3 is 2.28 bits per heavy atom. The van der Waals surface area contributed by atoms with Gasteiger partial charge in [0.05, 0.1) is 10.6 Å². The highest BCUT2D eigenvalue weighted by molar-refractivity contribution is 7.92. The van der Waals surface area contributed by atoms with Crippen LogP contribution in [0.2, 0.25) is 0 Å². The van der Waals surface area contributed by atoms with E-state index >= 15 is 0 Å². The molecule has 2 aromatic heterocycles. The summed E-state index contributed by atoms with van der Waals surface area (Å²) in [4.78, 5) is 10.3. The first-order valence-corrected chi connectivity index (χ1v) is 15.4. The van der Waals surface area contributed by atoms with E-state index in [1.54, 1.807) is 60.9 Å². The number of sulfonamides is 1. The monoisotopic (exact) mass is 614 g/mol. The molecule has 3 aromatic carbocycles. The summed E-state index contributed by atoms with van der Waals surface area (Å²) < 4.78 is 41.7. The van der Waals surface area contributed by atoms with Crippen molar-refractivity contribution in [3.63, 3.8) is 0 Å². The Kier molecular flexibility index (Phi) is 9.40. The van der Waals surface area contributed by atoms with Crippen LogP contribution < -0.4 is 4.72 Å². The quantitative estimate of drug-likeness (QED) is 0.181. The van der Waals surface area contributed by atoms with Crippen LogP contribution in [0.3, 0.4) is 0 Å². The Labute approximate surface area is 257 Å². The van der Waals surface area contributed by atoms with Gasteiger partial charge < -0.3 is 4.98 Å². The number of nitrogens with one attached hydrogen (secondary N) is 2. The summed E-state index contributed by atoms with van der Waals surface area (Å²) in [5.41, 5.74) is 8.13. The fraction of sp³-hybridized carbons (Fsp3) is 0.147. The summed E-state index contributed by atoms with van der Waals surface area (Å²) >= 11 is 0. The van der Waals surface area contributed by atoms with Crippen LogP contribution in [0.4, 0.5) is 10.1 Å². The van der Waals surface area contributed by atoms with Gasteiger partial charge in [-0.3, -0.25) is 14.6 Å². The van der Waals surface area contributed by atoms with Crippen LogP contribution in [0, 0.1) is 5.82 Å². The largest absolute Gasteiger partial charge is 0.360 e. The normalized spacial score (nSPS) is 13.7. The molecule has 0 fully saturated rings. The Morgan fingerprint density at radius 1 is 0.884 bits per heavy atom. The molecular weight excluding hydrogens is 583 g/mol. The van der Waals surface area contributed by atoms with Gasteiger partial charge in [-0.15, -0.1) is 12.4 Å². The summed E-state index contributed by atoms with van der Waals surface area (Å²) in [5, 5.41) is 0.